The van der Waals surface area contributed by atoms with Crippen LogP contribution in [0, 0.1) is 0 Å². The van der Waals surface area contributed by atoms with Crippen LogP contribution >= 0.6 is 12.2 Å². The van der Waals surface area contributed by atoms with Crippen LogP contribution in [0.3, 0.4) is 0 Å². The van der Waals surface area contributed by atoms with Crippen molar-refractivity contribution in [2.75, 3.05) is 33.8 Å². The highest BCUT2D eigenvalue weighted by molar-refractivity contribution is 7.80. The van der Waals surface area contributed by atoms with Gasteiger partial charge in [-0.25, -0.2) is 0 Å². The molecule has 31 heavy (non-hydrogen) atoms. The zero-order chi connectivity index (χ0) is 22.5. The van der Waals surface area contributed by atoms with E-state index in [1.54, 1.807) is 52.5 Å². The first-order chi connectivity index (χ1) is 14.9. The second-order valence-corrected chi connectivity index (χ2v) is 7.08. The maximum atomic E-state index is 13.4. The summed E-state index contributed by atoms with van der Waals surface area (Å²) in [6.07, 6.45) is 0. The van der Waals surface area contributed by atoms with Gasteiger partial charge >= 0.3 is 0 Å². The van der Waals surface area contributed by atoms with Crippen LogP contribution in [0.4, 0.5) is 5.69 Å². The lowest BCUT2D eigenvalue weighted by atomic mass is 9.93. The third-order valence-electron chi connectivity index (χ3n) is 4.92. The van der Waals surface area contributed by atoms with E-state index in [2.05, 4.69) is 16.0 Å². The van der Waals surface area contributed by atoms with E-state index >= 15 is 0 Å². The Morgan fingerprint density at radius 2 is 1.74 bits per heavy atom. The number of para-hydroxylation sites is 1. The summed E-state index contributed by atoms with van der Waals surface area (Å²) >= 11 is 5.34. The van der Waals surface area contributed by atoms with Crippen LogP contribution in [0.25, 0.3) is 0 Å². The molecule has 3 rings (SSSR count). The molecular formula is C22H25N3O5S. The van der Waals surface area contributed by atoms with Gasteiger partial charge in [-0.3, -0.25) is 4.79 Å². The lowest BCUT2D eigenvalue weighted by molar-refractivity contribution is -0.113. The fourth-order valence-electron chi connectivity index (χ4n) is 3.46. The number of carbonyl (C=O) groups excluding carboxylic acids is 1. The number of benzene rings is 2. The average molecular weight is 444 g/mol. The lowest BCUT2D eigenvalue weighted by Gasteiger charge is -2.31. The quantitative estimate of drug-likeness (QED) is 0.563. The number of allylic oxidation sites excluding steroid dienone is 1. The molecule has 0 fully saturated rings. The average Bonchev–Trinajstić information content (AvgIpc) is 2.77. The van der Waals surface area contributed by atoms with Crippen molar-refractivity contribution in [1.82, 2.24) is 10.6 Å². The van der Waals surface area contributed by atoms with Gasteiger partial charge in [-0.15, -0.1) is 0 Å². The molecule has 0 radical (unpaired) electrons. The highest BCUT2D eigenvalue weighted by atomic mass is 32.1. The first kappa shape index (κ1) is 22.2. The summed E-state index contributed by atoms with van der Waals surface area (Å²) in [5, 5.41) is 9.52. The maximum absolute atomic E-state index is 13.4. The number of thiocarbonyl (C=S) groups is 1. The van der Waals surface area contributed by atoms with Crippen molar-refractivity contribution in [2.45, 2.75) is 13.0 Å². The summed E-state index contributed by atoms with van der Waals surface area (Å²) in [6, 6.07) is 10.1. The number of hydrogen-bond donors (Lipinski definition) is 3. The Hall–Kier alpha value is -3.46. The van der Waals surface area contributed by atoms with E-state index in [9.17, 15) is 4.79 Å². The molecule has 0 saturated carbocycles. The van der Waals surface area contributed by atoms with Crippen molar-refractivity contribution in [3.05, 3.63) is 53.2 Å². The molecule has 3 N–H and O–H groups in total. The largest absolute Gasteiger partial charge is 0.497 e. The van der Waals surface area contributed by atoms with Gasteiger partial charge in [0, 0.05) is 17.3 Å². The summed E-state index contributed by atoms with van der Waals surface area (Å²) < 4.78 is 21.6. The van der Waals surface area contributed by atoms with Crippen molar-refractivity contribution in [3.63, 3.8) is 0 Å². The minimum Gasteiger partial charge on any atom is -0.497 e. The minimum absolute atomic E-state index is 0.321. The Morgan fingerprint density at radius 1 is 1.00 bits per heavy atom. The first-order valence-corrected chi connectivity index (χ1v) is 9.86. The van der Waals surface area contributed by atoms with Gasteiger partial charge in [0.2, 0.25) is 0 Å². The topological polar surface area (TPSA) is 90.1 Å². The smallest absolute Gasteiger partial charge is 0.255 e. The van der Waals surface area contributed by atoms with E-state index in [4.69, 9.17) is 31.2 Å². The summed E-state index contributed by atoms with van der Waals surface area (Å²) in [4.78, 5) is 13.4. The van der Waals surface area contributed by atoms with E-state index < -0.39 is 6.04 Å². The zero-order valence-electron chi connectivity index (χ0n) is 18.0. The molecule has 8 nitrogen and oxygen atoms in total. The van der Waals surface area contributed by atoms with Gasteiger partial charge in [-0.05, 0) is 37.3 Å². The van der Waals surface area contributed by atoms with Gasteiger partial charge in [0.1, 0.15) is 11.5 Å². The molecule has 164 valence electrons. The zero-order valence-corrected chi connectivity index (χ0v) is 18.8. The van der Waals surface area contributed by atoms with Crippen LogP contribution < -0.4 is 34.9 Å². The standard InChI is InChI=1S/C22H25N3O5S/c1-12-18(21(26)24-15-10-9-13(27-2)11-17(15)29-4)19(25-22(31)23-12)14-7-6-8-16(28-3)20(14)30-5/h6-11,19H,1-5H3,(H,24,26)(H2,23,25,31)/t19-/m0/s1. The van der Waals surface area contributed by atoms with E-state index in [0.29, 0.717) is 45.1 Å². The molecule has 1 atom stereocenters. The lowest BCUT2D eigenvalue weighted by Crippen LogP contribution is -2.45. The van der Waals surface area contributed by atoms with E-state index in [1.165, 1.54) is 7.11 Å². The molecule has 0 spiro atoms. The van der Waals surface area contributed by atoms with E-state index in [0.717, 1.165) is 5.56 Å². The SMILES string of the molecule is COc1ccc(NC(=O)C2=C(C)NC(=S)N[C@H]2c2cccc(OC)c2OC)c(OC)c1. The van der Waals surface area contributed by atoms with Crippen LogP contribution in [0.1, 0.15) is 18.5 Å². The normalized spacial score (nSPS) is 15.5. The molecule has 1 aliphatic heterocycles. The fraction of sp³-hybridized carbons (Fsp3) is 0.273. The number of amides is 1. The maximum Gasteiger partial charge on any atom is 0.255 e. The molecule has 1 aliphatic rings. The molecule has 0 unspecified atom stereocenters. The Bertz CT molecular complexity index is 1040. The second kappa shape index (κ2) is 9.57. The predicted molar refractivity (Wildman–Crippen MR) is 122 cm³/mol. The minimum atomic E-state index is -0.553. The van der Waals surface area contributed by atoms with Gasteiger partial charge in [0.25, 0.3) is 5.91 Å². The van der Waals surface area contributed by atoms with Gasteiger partial charge in [-0.2, -0.15) is 0 Å². The van der Waals surface area contributed by atoms with Gasteiger partial charge < -0.3 is 34.9 Å². The third-order valence-corrected chi connectivity index (χ3v) is 5.13. The summed E-state index contributed by atoms with van der Waals surface area (Å²) in [7, 11) is 6.21. The van der Waals surface area contributed by atoms with E-state index in [-0.39, 0.29) is 5.91 Å². The molecule has 0 aromatic heterocycles. The Balaban J connectivity index is 2.03. The van der Waals surface area contributed by atoms with Gasteiger partial charge in [-0.1, -0.05) is 12.1 Å². The third kappa shape index (κ3) is 4.51. The van der Waals surface area contributed by atoms with Gasteiger partial charge in [0.05, 0.1) is 45.7 Å². The molecule has 1 heterocycles. The predicted octanol–water partition coefficient (Wildman–Crippen LogP) is 3.15. The number of anilines is 1. The van der Waals surface area contributed by atoms with Crippen molar-refractivity contribution in [1.29, 1.82) is 0 Å². The van der Waals surface area contributed by atoms with Crippen LogP contribution in [-0.2, 0) is 4.79 Å². The summed E-state index contributed by atoms with van der Waals surface area (Å²) in [5.74, 6) is 1.86. The number of carbonyl (C=O) groups is 1. The van der Waals surface area contributed by atoms with Crippen molar-refractivity contribution in [2.24, 2.45) is 0 Å². The van der Waals surface area contributed by atoms with Crippen molar-refractivity contribution in [3.8, 4) is 23.0 Å². The summed E-state index contributed by atoms with van der Waals surface area (Å²) in [5.41, 5.74) is 2.32. The number of hydrogen-bond acceptors (Lipinski definition) is 6. The highest BCUT2D eigenvalue weighted by Crippen LogP contribution is 2.39. The summed E-state index contributed by atoms with van der Waals surface area (Å²) in [6.45, 7) is 1.80. The van der Waals surface area contributed by atoms with Crippen LogP contribution in [0.2, 0.25) is 0 Å². The fourth-order valence-corrected chi connectivity index (χ4v) is 3.73. The number of methoxy groups -OCH3 is 4. The van der Waals surface area contributed by atoms with E-state index in [1.807, 2.05) is 12.1 Å². The second-order valence-electron chi connectivity index (χ2n) is 6.67. The Kier molecular flexibility index (Phi) is 6.86. The molecule has 0 bridgehead atoms. The van der Waals surface area contributed by atoms with Gasteiger partial charge in [0.15, 0.2) is 16.6 Å². The van der Waals surface area contributed by atoms with Crippen LogP contribution in [-0.4, -0.2) is 39.5 Å². The van der Waals surface area contributed by atoms with Crippen molar-refractivity contribution >= 4 is 28.9 Å². The molecule has 2 aromatic rings. The molecule has 1 amide bonds. The monoisotopic (exact) mass is 443 g/mol. The number of rotatable bonds is 7. The molecule has 9 heteroatoms. The molecule has 0 saturated heterocycles. The first-order valence-electron chi connectivity index (χ1n) is 9.46. The molecule has 2 aromatic carbocycles. The Labute approximate surface area is 186 Å². The molecule has 0 aliphatic carbocycles. The molecular weight excluding hydrogens is 418 g/mol. The highest BCUT2D eigenvalue weighted by Gasteiger charge is 2.33. The number of ether oxygens (including phenoxy) is 4. The Morgan fingerprint density at radius 3 is 2.39 bits per heavy atom. The van der Waals surface area contributed by atoms with Crippen molar-refractivity contribution < 1.29 is 23.7 Å². The van der Waals surface area contributed by atoms with Crippen LogP contribution in [0.5, 0.6) is 23.0 Å². The number of nitrogens with one attached hydrogen (secondary N) is 3. The van der Waals surface area contributed by atoms with Crippen LogP contribution in [0.15, 0.2) is 47.7 Å².